The van der Waals surface area contributed by atoms with Crippen molar-refractivity contribution in [1.82, 2.24) is 24.7 Å². The monoisotopic (exact) mass is 698 g/mol. The van der Waals surface area contributed by atoms with Gasteiger partial charge in [-0.1, -0.05) is 35.6 Å². The highest BCUT2D eigenvalue weighted by molar-refractivity contribution is 9.10. The molecule has 0 bridgehead atoms. The summed E-state index contributed by atoms with van der Waals surface area (Å²) >= 11 is 3.54. The lowest BCUT2D eigenvalue weighted by molar-refractivity contribution is 0.00139. The number of aliphatic hydroxyl groups is 2. The zero-order valence-corrected chi connectivity index (χ0v) is 29.4. The van der Waals surface area contributed by atoms with Gasteiger partial charge in [0.15, 0.2) is 11.6 Å². The van der Waals surface area contributed by atoms with Crippen molar-refractivity contribution >= 4 is 40.0 Å². The molecule has 0 radical (unpaired) electrons. The second kappa shape index (κ2) is 14.6. The topological polar surface area (TPSA) is 153 Å². The molecule has 3 aromatic rings. The van der Waals surface area contributed by atoms with Crippen molar-refractivity contribution in [3.63, 3.8) is 0 Å². The Labute approximate surface area is 263 Å². The standard InChI is InChI=1S/C28H43BrN6O6SSi/c1-18(2)41-25(26-30-14-19(3)15-31-26)20(4)42(38,39)34(11-12-43(6,7)8)28-33-32-27(35(28)21(16-36)17-37)23-13-22(40-5)9-10-24(23)29/h9-10,13-15,18,20-21,25,36-37H,11-12,16-17H2,1-8H3. The largest absolute Gasteiger partial charge is 0.497 e. The Morgan fingerprint density at radius 1 is 1.07 bits per heavy atom. The van der Waals surface area contributed by atoms with Gasteiger partial charge in [0.2, 0.25) is 16.0 Å². The van der Waals surface area contributed by atoms with Gasteiger partial charge in [-0.05, 0) is 57.5 Å². The summed E-state index contributed by atoms with van der Waals surface area (Å²) in [5.41, 5.74) is 1.39. The van der Waals surface area contributed by atoms with Gasteiger partial charge in [0, 0.05) is 37.0 Å². The molecule has 2 unspecified atom stereocenters. The number of aromatic nitrogens is 5. The number of ether oxygens (including phenoxy) is 2. The number of nitrogens with zero attached hydrogens (tertiary/aromatic N) is 6. The van der Waals surface area contributed by atoms with Crippen LogP contribution in [0.2, 0.25) is 25.7 Å². The van der Waals surface area contributed by atoms with Crippen LogP contribution in [-0.4, -0.2) is 89.7 Å². The Kier molecular flexibility index (Phi) is 11.9. The molecule has 0 fully saturated rings. The molecule has 0 aliphatic carbocycles. The van der Waals surface area contributed by atoms with Crippen molar-refractivity contribution in [3.05, 3.63) is 46.5 Å². The number of aryl methyl sites for hydroxylation is 1. The van der Waals surface area contributed by atoms with E-state index in [1.165, 1.54) is 16.0 Å². The van der Waals surface area contributed by atoms with E-state index in [0.29, 0.717) is 21.8 Å². The zero-order chi connectivity index (χ0) is 32.1. The summed E-state index contributed by atoms with van der Waals surface area (Å²) in [4.78, 5) is 8.79. The van der Waals surface area contributed by atoms with Crippen LogP contribution in [0, 0.1) is 6.92 Å². The summed E-state index contributed by atoms with van der Waals surface area (Å²) in [5, 5.41) is 28.3. The average molecular weight is 700 g/mol. The fourth-order valence-corrected chi connectivity index (χ4v) is 7.43. The SMILES string of the molecule is COc1ccc(Br)c(-c2nnc(N(CC[Si](C)(C)C)S(=O)(=O)C(C)C(OC(C)C)c3ncc(C)cn3)n2C(CO)CO)c1. The molecule has 2 aromatic heterocycles. The van der Waals surface area contributed by atoms with E-state index < -0.39 is 48.7 Å². The van der Waals surface area contributed by atoms with E-state index in [-0.39, 0.29) is 30.2 Å². The molecule has 0 saturated carbocycles. The normalized spacial score (nSPS) is 13.9. The summed E-state index contributed by atoms with van der Waals surface area (Å²) < 4.78 is 44.2. The van der Waals surface area contributed by atoms with Gasteiger partial charge in [0.1, 0.15) is 17.1 Å². The number of rotatable bonds is 15. The number of anilines is 1. The fraction of sp³-hybridized carbons (Fsp3) is 0.571. The molecule has 3 rings (SSSR count). The van der Waals surface area contributed by atoms with E-state index >= 15 is 0 Å². The van der Waals surface area contributed by atoms with Crippen LogP contribution in [0.15, 0.2) is 35.1 Å². The number of sulfonamides is 1. The third-order valence-corrected chi connectivity index (χ3v) is 11.4. The Hall–Kier alpha value is -2.43. The first kappa shape index (κ1) is 35.1. The quantitative estimate of drug-likeness (QED) is 0.219. The van der Waals surface area contributed by atoms with Gasteiger partial charge in [0.05, 0.1) is 32.5 Å². The lowest BCUT2D eigenvalue weighted by atomic mass is 10.2. The van der Waals surface area contributed by atoms with Crippen molar-refractivity contribution in [2.75, 3.05) is 31.2 Å². The Bertz CT molecular complexity index is 1460. The van der Waals surface area contributed by atoms with E-state index in [1.54, 1.807) is 37.5 Å². The highest BCUT2D eigenvalue weighted by Crippen LogP contribution is 2.37. The van der Waals surface area contributed by atoms with E-state index in [1.807, 2.05) is 20.8 Å². The second-order valence-electron chi connectivity index (χ2n) is 11.9. The van der Waals surface area contributed by atoms with Gasteiger partial charge in [-0.15, -0.1) is 10.2 Å². The van der Waals surface area contributed by atoms with Crippen LogP contribution >= 0.6 is 15.9 Å². The summed E-state index contributed by atoms with van der Waals surface area (Å²) in [6, 6.07) is 4.95. The van der Waals surface area contributed by atoms with Crippen LogP contribution in [0.1, 0.15) is 44.3 Å². The Morgan fingerprint density at radius 2 is 1.70 bits per heavy atom. The fourth-order valence-electron chi connectivity index (χ4n) is 4.36. The highest BCUT2D eigenvalue weighted by atomic mass is 79.9. The molecule has 2 atom stereocenters. The van der Waals surface area contributed by atoms with Gasteiger partial charge in [-0.25, -0.2) is 22.7 Å². The predicted octanol–water partition coefficient (Wildman–Crippen LogP) is 4.37. The Balaban J connectivity index is 2.26. The molecule has 15 heteroatoms. The first-order valence-electron chi connectivity index (χ1n) is 14.1. The number of hydrogen-bond donors (Lipinski definition) is 2. The van der Waals surface area contributed by atoms with Gasteiger partial charge < -0.3 is 19.7 Å². The Morgan fingerprint density at radius 3 is 2.23 bits per heavy atom. The van der Waals surface area contributed by atoms with Gasteiger partial charge in [-0.3, -0.25) is 4.57 Å². The predicted molar refractivity (Wildman–Crippen MR) is 173 cm³/mol. The molecule has 1 aromatic carbocycles. The lowest BCUT2D eigenvalue weighted by Gasteiger charge is -2.33. The number of methoxy groups -OCH3 is 1. The van der Waals surface area contributed by atoms with Crippen LogP contribution in [0.3, 0.4) is 0 Å². The van der Waals surface area contributed by atoms with E-state index in [0.717, 1.165) is 5.56 Å². The number of aliphatic hydroxyl groups excluding tert-OH is 2. The molecule has 12 nitrogen and oxygen atoms in total. The molecule has 2 heterocycles. The summed E-state index contributed by atoms with van der Waals surface area (Å²) in [6.45, 7) is 12.7. The first-order valence-corrected chi connectivity index (χ1v) is 20.1. The molecule has 238 valence electrons. The van der Waals surface area contributed by atoms with Crippen LogP contribution in [0.25, 0.3) is 11.4 Å². The third-order valence-electron chi connectivity index (χ3n) is 6.84. The molecule has 0 saturated heterocycles. The van der Waals surface area contributed by atoms with Crippen LogP contribution in [0.4, 0.5) is 5.95 Å². The van der Waals surface area contributed by atoms with Crippen molar-refractivity contribution in [1.29, 1.82) is 0 Å². The number of benzene rings is 1. The summed E-state index contributed by atoms with van der Waals surface area (Å²) in [7, 11) is -4.45. The second-order valence-corrected chi connectivity index (χ2v) is 20.6. The molecule has 0 aliphatic rings. The van der Waals surface area contributed by atoms with Crippen LogP contribution < -0.4 is 9.04 Å². The average Bonchev–Trinajstić information content (AvgIpc) is 3.36. The van der Waals surface area contributed by atoms with E-state index in [2.05, 4.69) is 55.7 Å². The first-order chi connectivity index (χ1) is 20.1. The minimum absolute atomic E-state index is 0.0176. The molecule has 2 N–H and O–H groups in total. The lowest BCUT2D eigenvalue weighted by Crippen LogP contribution is -2.45. The highest BCUT2D eigenvalue weighted by Gasteiger charge is 2.41. The van der Waals surface area contributed by atoms with Gasteiger partial charge in [-0.2, -0.15) is 0 Å². The smallest absolute Gasteiger partial charge is 0.243 e. The van der Waals surface area contributed by atoms with E-state index in [4.69, 9.17) is 9.47 Å². The number of halogens is 1. The maximum Gasteiger partial charge on any atom is 0.243 e. The maximum absolute atomic E-state index is 14.6. The van der Waals surface area contributed by atoms with Crippen molar-refractivity contribution in [3.8, 4) is 17.1 Å². The molecule has 0 amide bonds. The summed E-state index contributed by atoms with van der Waals surface area (Å²) in [6.07, 6.45) is 1.97. The minimum atomic E-state index is -4.22. The maximum atomic E-state index is 14.6. The number of hydrogen-bond acceptors (Lipinski definition) is 10. The van der Waals surface area contributed by atoms with Gasteiger partial charge in [0.25, 0.3) is 0 Å². The van der Waals surface area contributed by atoms with Crippen molar-refractivity contribution in [2.24, 2.45) is 0 Å². The molecular weight excluding hydrogens is 656 g/mol. The molecule has 0 spiro atoms. The molecule has 0 aliphatic heterocycles. The molecular formula is C28H43BrN6O6SSi. The van der Waals surface area contributed by atoms with Crippen molar-refractivity contribution in [2.45, 2.75) is 76.9 Å². The zero-order valence-electron chi connectivity index (χ0n) is 26.0. The van der Waals surface area contributed by atoms with Crippen LogP contribution in [0.5, 0.6) is 5.75 Å². The van der Waals surface area contributed by atoms with E-state index in [9.17, 15) is 18.6 Å². The summed E-state index contributed by atoms with van der Waals surface area (Å²) in [5.74, 6) is 1.04. The third kappa shape index (κ3) is 8.39. The van der Waals surface area contributed by atoms with Crippen molar-refractivity contribution < 1.29 is 28.1 Å². The van der Waals surface area contributed by atoms with Crippen LogP contribution in [-0.2, 0) is 14.8 Å². The van der Waals surface area contributed by atoms with Gasteiger partial charge >= 0.3 is 0 Å². The minimum Gasteiger partial charge on any atom is -0.497 e. The molecule has 43 heavy (non-hydrogen) atoms.